The number of hydrogen-bond acceptors (Lipinski definition) is 3. The van der Waals surface area contributed by atoms with Crippen LogP contribution in [0.5, 0.6) is 0 Å². The molecule has 0 aliphatic heterocycles. The molecule has 0 unspecified atom stereocenters. The first-order valence-corrected chi connectivity index (χ1v) is 3.15. The summed E-state index contributed by atoms with van der Waals surface area (Å²) in [5, 5.41) is 8.72. The molecule has 11 heavy (non-hydrogen) atoms. The molecular weight excluding hydrogens is 142 g/mol. The molecule has 3 nitrogen and oxygen atoms in total. The lowest BCUT2D eigenvalue weighted by molar-refractivity contribution is 0.281. The summed E-state index contributed by atoms with van der Waals surface area (Å²) in [7, 11) is 0. The Hall–Kier alpha value is -1.35. The van der Waals surface area contributed by atoms with Crippen molar-refractivity contribution in [3.63, 3.8) is 0 Å². The minimum Gasteiger partial charge on any atom is -0.399 e. The molecule has 0 spiro atoms. The standard InChI is InChI=1S/C8H8NO2/c9-8-2-1-6(4-10)7(3-8)5-11/h1-3,10H,4,9H2. The van der Waals surface area contributed by atoms with Crippen LogP contribution in [0.25, 0.3) is 0 Å². The van der Waals surface area contributed by atoms with Crippen LogP contribution in [0.1, 0.15) is 11.1 Å². The zero-order chi connectivity index (χ0) is 8.27. The minimum absolute atomic E-state index is 0.162. The summed E-state index contributed by atoms with van der Waals surface area (Å²) in [4.78, 5) is 10.2. The molecule has 1 rings (SSSR count). The third-order valence-corrected chi connectivity index (χ3v) is 1.41. The Kier molecular flexibility index (Phi) is 2.23. The van der Waals surface area contributed by atoms with Crippen LogP contribution in [-0.2, 0) is 11.4 Å². The number of nitrogen functional groups attached to an aromatic ring is 1. The molecule has 0 atom stereocenters. The molecule has 0 amide bonds. The van der Waals surface area contributed by atoms with Crippen molar-refractivity contribution in [2.75, 3.05) is 5.73 Å². The van der Waals surface area contributed by atoms with E-state index in [-0.39, 0.29) is 6.61 Å². The van der Waals surface area contributed by atoms with Gasteiger partial charge >= 0.3 is 0 Å². The first-order valence-electron chi connectivity index (χ1n) is 3.15. The van der Waals surface area contributed by atoms with Crippen LogP contribution in [0.3, 0.4) is 0 Å². The summed E-state index contributed by atoms with van der Waals surface area (Å²) >= 11 is 0. The third-order valence-electron chi connectivity index (χ3n) is 1.41. The van der Waals surface area contributed by atoms with Gasteiger partial charge in [0.2, 0.25) is 6.29 Å². The van der Waals surface area contributed by atoms with Gasteiger partial charge in [-0.3, -0.25) is 4.79 Å². The lowest BCUT2D eigenvalue weighted by atomic mass is 10.1. The maximum atomic E-state index is 10.2. The third kappa shape index (κ3) is 1.56. The van der Waals surface area contributed by atoms with Gasteiger partial charge in [-0.05, 0) is 17.7 Å². The molecule has 0 heterocycles. The number of carbonyl (C=O) groups excluding carboxylic acids is 1. The zero-order valence-electron chi connectivity index (χ0n) is 5.87. The van der Waals surface area contributed by atoms with Crippen molar-refractivity contribution in [3.8, 4) is 0 Å². The Morgan fingerprint density at radius 3 is 2.82 bits per heavy atom. The van der Waals surface area contributed by atoms with E-state index >= 15 is 0 Å². The quantitative estimate of drug-likeness (QED) is 0.593. The highest BCUT2D eigenvalue weighted by Crippen LogP contribution is 2.10. The van der Waals surface area contributed by atoms with Crippen molar-refractivity contribution < 1.29 is 9.90 Å². The van der Waals surface area contributed by atoms with E-state index in [4.69, 9.17) is 10.8 Å². The maximum Gasteiger partial charge on any atom is 0.233 e. The molecule has 0 fully saturated rings. The number of nitrogens with two attached hydrogens (primary N) is 1. The Morgan fingerprint density at radius 1 is 1.55 bits per heavy atom. The van der Waals surface area contributed by atoms with Gasteiger partial charge < -0.3 is 10.8 Å². The van der Waals surface area contributed by atoms with Crippen molar-refractivity contribution in [3.05, 3.63) is 29.3 Å². The summed E-state index contributed by atoms with van der Waals surface area (Å²) in [6, 6.07) is 4.72. The van der Waals surface area contributed by atoms with Gasteiger partial charge in [0.15, 0.2) is 0 Å². The molecule has 0 aliphatic carbocycles. The molecule has 1 aromatic rings. The Morgan fingerprint density at radius 2 is 2.27 bits per heavy atom. The molecule has 57 valence electrons. The van der Waals surface area contributed by atoms with Gasteiger partial charge in [-0.1, -0.05) is 6.07 Å². The SMILES string of the molecule is Nc1ccc(CO)c([C]=O)c1. The Labute approximate surface area is 64.5 Å². The van der Waals surface area contributed by atoms with E-state index in [1.54, 1.807) is 18.4 Å². The fraction of sp³-hybridized carbons (Fsp3) is 0.125. The van der Waals surface area contributed by atoms with Gasteiger partial charge in [-0.25, -0.2) is 0 Å². The summed E-state index contributed by atoms with van der Waals surface area (Å²) in [5.74, 6) is 0. The molecule has 1 aromatic carbocycles. The first-order chi connectivity index (χ1) is 5.27. The lowest BCUT2D eigenvalue weighted by Gasteiger charge is -1.99. The van der Waals surface area contributed by atoms with Gasteiger partial charge in [0, 0.05) is 11.3 Å². The van der Waals surface area contributed by atoms with Crippen molar-refractivity contribution in [1.29, 1.82) is 0 Å². The average molecular weight is 150 g/mol. The number of rotatable bonds is 2. The van der Waals surface area contributed by atoms with Crippen LogP contribution in [0.15, 0.2) is 18.2 Å². The maximum absolute atomic E-state index is 10.2. The van der Waals surface area contributed by atoms with Crippen LogP contribution < -0.4 is 5.73 Å². The van der Waals surface area contributed by atoms with Gasteiger partial charge in [-0.2, -0.15) is 0 Å². The number of aliphatic hydroxyl groups excluding tert-OH is 1. The molecule has 3 heteroatoms. The molecular formula is C8H8NO2. The highest BCUT2D eigenvalue weighted by atomic mass is 16.3. The number of anilines is 1. The van der Waals surface area contributed by atoms with E-state index in [9.17, 15) is 4.79 Å². The number of aliphatic hydroxyl groups is 1. The fourth-order valence-corrected chi connectivity index (χ4v) is 0.827. The monoisotopic (exact) mass is 150 g/mol. The normalized spacial score (nSPS) is 9.55. The summed E-state index contributed by atoms with van der Waals surface area (Å²) < 4.78 is 0. The molecule has 0 aromatic heterocycles. The smallest absolute Gasteiger partial charge is 0.233 e. The molecule has 1 radical (unpaired) electrons. The topological polar surface area (TPSA) is 63.3 Å². The summed E-state index contributed by atoms with van der Waals surface area (Å²) in [5.41, 5.74) is 6.77. The summed E-state index contributed by atoms with van der Waals surface area (Å²) in [6.45, 7) is -0.162. The van der Waals surface area contributed by atoms with E-state index in [1.165, 1.54) is 6.07 Å². The molecule has 0 saturated carbocycles. The summed E-state index contributed by atoms with van der Waals surface area (Å²) in [6.07, 6.45) is 1.70. The predicted octanol–water partition coefficient (Wildman–Crippen LogP) is 0.219. The Bertz CT molecular complexity index is 271. The van der Waals surface area contributed by atoms with Gasteiger partial charge in [0.05, 0.1) is 6.61 Å². The molecule has 0 bridgehead atoms. The van der Waals surface area contributed by atoms with Gasteiger partial charge in [0.1, 0.15) is 0 Å². The van der Waals surface area contributed by atoms with Crippen LogP contribution in [0, 0.1) is 0 Å². The van der Waals surface area contributed by atoms with Crippen LogP contribution in [-0.4, -0.2) is 11.4 Å². The van der Waals surface area contributed by atoms with Crippen molar-refractivity contribution in [2.24, 2.45) is 0 Å². The fourth-order valence-electron chi connectivity index (χ4n) is 0.827. The first kappa shape index (κ1) is 7.75. The second kappa shape index (κ2) is 3.16. The largest absolute Gasteiger partial charge is 0.399 e. The minimum atomic E-state index is -0.162. The lowest BCUT2D eigenvalue weighted by Crippen LogP contribution is -1.94. The van der Waals surface area contributed by atoms with Crippen molar-refractivity contribution >= 4 is 12.0 Å². The van der Waals surface area contributed by atoms with E-state index in [0.29, 0.717) is 16.8 Å². The average Bonchev–Trinajstić information content (AvgIpc) is 2.04. The van der Waals surface area contributed by atoms with Gasteiger partial charge in [-0.15, -0.1) is 0 Å². The molecule has 3 N–H and O–H groups in total. The van der Waals surface area contributed by atoms with Crippen LogP contribution in [0.4, 0.5) is 5.69 Å². The highest BCUT2D eigenvalue weighted by molar-refractivity contribution is 5.79. The number of benzene rings is 1. The zero-order valence-corrected chi connectivity index (χ0v) is 5.87. The van der Waals surface area contributed by atoms with E-state index in [1.807, 2.05) is 0 Å². The molecule has 0 saturated heterocycles. The van der Waals surface area contributed by atoms with Gasteiger partial charge in [0.25, 0.3) is 0 Å². The second-order valence-corrected chi connectivity index (χ2v) is 2.18. The number of hydrogen-bond donors (Lipinski definition) is 2. The van der Waals surface area contributed by atoms with Crippen molar-refractivity contribution in [1.82, 2.24) is 0 Å². The van der Waals surface area contributed by atoms with E-state index < -0.39 is 0 Å². The Balaban J connectivity index is 3.16. The predicted molar refractivity (Wildman–Crippen MR) is 41.6 cm³/mol. The van der Waals surface area contributed by atoms with E-state index in [0.717, 1.165) is 0 Å². The highest BCUT2D eigenvalue weighted by Gasteiger charge is 2.00. The molecule has 0 aliphatic rings. The van der Waals surface area contributed by atoms with Crippen molar-refractivity contribution in [2.45, 2.75) is 6.61 Å². The second-order valence-electron chi connectivity index (χ2n) is 2.18. The van der Waals surface area contributed by atoms with Crippen LogP contribution >= 0.6 is 0 Å². The van der Waals surface area contributed by atoms with E-state index in [2.05, 4.69) is 0 Å². The van der Waals surface area contributed by atoms with Crippen LogP contribution in [0.2, 0.25) is 0 Å².